The summed E-state index contributed by atoms with van der Waals surface area (Å²) >= 11 is 6.00. The zero-order valence-electron chi connectivity index (χ0n) is 15.8. The standard InChI is InChI=1S/C22H22ClNO4/c1-3-4-13-24-19(14-5-9-16(23)10-6-14)18(21(26)22(24)27)20(25)15-7-11-17(28-2)12-8-15/h5-12,19,25H,3-4,13H2,1-2H3/b20-18+. The van der Waals surface area contributed by atoms with Crippen LogP contribution >= 0.6 is 11.6 Å². The van der Waals surface area contributed by atoms with Crippen molar-refractivity contribution in [2.75, 3.05) is 13.7 Å². The fourth-order valence-electron chi connectivity index (χ4n) is 3.34. The number of carbonyl (C=O) groups is 2. The second-order valence-corrected chi connectivity index (χ2v) is 7.06. The van der Waals surface area contributed by atoms with Gasteiger partial charge in [0.15, 0.2) is 0 Å². The highest BCUT2D eigenvalue weighted by molar-refractivity contribution is 6.46. The van der Waals surface area contributed by atoms with E-state index in [0.717, 1.165) is 18.4 Å². The molecule has 5 nitrogen and oxygen atoms in total. The number of rotatable bonds is 6. The predicted octanol–water partition coefficient (Wildman–Crippen LogP) is 4.57. The molecule has 0 aromatic heterocycles. The third-order valence-corrected chi connectivity index (χ3v) is 5.09. The summed E-state index contributed by atoms with van der Waals surface area (Å²) in [6.07, 6.45) is 1.65. The predicted molar refractivity (Wildman–Crippen MR) is 108 cm³/mol. The van der Waals surface area contributed by atoms with Crippen LogP contribution < -0.4 is 4.74 Å². The van der Waals surface area contributed by atoms with Gasteiger partial charge in [0, 0.05) is 17.1 Å². The molecule has 1 heterocycles. The number of carbonyl (C=O) groups excluding carboxylic acids is 2. The Hall–Kier alpha value is -2.79. The average Bonchev–Trinajstić information content (AvgIpc) is 2.97. The van der Waals surface area contributed by atoms with Crippen LogP contribution in [0.2, 0.25) is 5.02 Å². The molecule has 3 rings (SSSR count). The Morgan fingerprint density at radius 2 is 1.75 bits per heavy atom. The fourth-order valence-corrected chi connectivity index (χ4v) is 3.46. The van der Waals surface area contributed by atoms with E-state index in [4.69, 9.17) is 16.3 Å². The van der Waals surface area contributed by atoms with Gasteiger partial charge < -0.3 is 14.7 Å². The minimum absolute atomic E-state index is 0.0913. The van der Waals surface area contributed by atoms with Crippen LogP contribution in [0.25, 0.3) is 5.76 Å². The number of ether oxygens (including phenoxy) is 1. The fraction of sp³-hybridized carbons (Fsp3) is 0.273. The van der Waals surface area contributed by atoms with Gasteiger partial charge in [0.05, 0.1) is 18.7 Å². The van der Waals surface area contributed by atoms with E-state index in [1.54, 1.807) is 55.6 Å². The minimum atomic E-state index is -0.677. The monoisotopic (exact) mass is 399 g/mol. The van der Waals surface area contributed by atoms with Gasteiger partial charge in [-0.25, -0.2) is 0 Å². The molecule has 6 heteroatoms. The van der Waals surface area contributed by atoms with E-state index in [9.17, 15) is 14.7 Å². The van der Waals surface area contributed by atoms with E-state index in [1.807, 2.05) is 6.92 Å². The number of ketones is 1. The molecule has 1 aliphatic rings. The number of nitrogens with zero attached hydrogens (tertiary/aromatic N) is 1. The first-order valence-corrected chi connectivity index (χ1v) is 9.54. The molecule has 1 aliphatic heterocycles. The molecule has 1 atom stereocenters. The lowest BCUT2D eigenvalue weighted by Crippen LogP contribution is -2.30. The molecule has 0 bridgehead atoms. The topological polar surface area (TPSA) is 66.8 Å². The summed E-state index contributed by atoms with van der Waals surface area (Å²) in [5, 5.41) is 11.5. The van der Waals surface area contributed by atoms with E-state index in [2.05, 4.69) is 0 Å². The minimum Gasteiger partial charge on any atom is -0.507 e. The normalized spacial score (nSPS) is 18.5. The quantitative estimate of drug-likeness (QED) is 0.439. The number of unbranched alkanes of at least 4 members (excludes halogenated alkanes) is 1. The van der Waals surface area contributed by atoms with Gasteiger partial charge in [-0.1, -0.05) is 37.1 Å². The summed E-state index contributed by atoms with van der Waals surface area (Å²) in [7, 11) is 1.55. The number of hydrogen-bond donors (Lipinski definition) is 1. The van der Waals surface area contributed by atoms with Crippen molar-refractivity contribution in [3.05, 3.63) is 70.3 Å². The molecule has 28 heavy (non-hydrogen) atoms. The molecular weight excluding hydrogens is 378 g/mol. The Labute approximate surface area is 169 Å². The van der Waals surface area contributed by atoms with Gasteiger partial charge in [0.25, 0.3) is 11.7 Å². The third kappa shape index (κ3) is 3.76. The van der Waals surface area contributed by atoms with Gasteiger partial charge in [0.2, 0.25) is 0 Å². The molecule has 1 saturated heterocycles. The maximum Gasteiger partial charge on any atom is 0.295 e. The van der Waals surface area contributed by atoms with Crippen LogP contribution in [0.15, 0.2) is 54.1 Å². The number of Topliss-reactive ketones (excluding diaryl/α,β-unsaturated/α-hetero) is 1. The number of aliphatic hydroxyl groups is 1. The SMILES string of the molecule is CCCCN1C(=O)C(=O)/C(=C(/O)c2ccc(OC)cc2)C1c1ccc(Cl)cc1. The van der Waals surface area contributed by atoms with Gasteiger partial charge in [-0.05, 0) is 48.4 Å². The molecule has 0 saturated carbocycles. The van der Waals surface area contributed by atoms with Crippen LogP contribution in [-0.4, -0.2) is 35.4 Å². The molecule has 146 valence electrons. The summed E-state index contributed by atoms with van der Waals surface area (Å²) in [5.41, 5.74) is 1.27. The Bertz CT molecular complexity index is 903. The summed E-state index contributed by atoms with van der Waals surface area (Å²) in [6, 6.07) is 13.0. The van der Waals surface area contributed by atoms with E-state index in [-0.39, 0.29) is 11.3 Å². The molecule has 0 radical (unpaired) electrons. The lowest BCUT2D eigenvalue weighted by atomic mass is 9.95. The number of methoxy groups -OCH3 is 1. The summed E-state index contributed by atoms with van der Waals surface area (Å²) in [4.78, 5) is 27.0. The van der Waals surface area contributed by atoms with Crippen molar-refractivity contribution in [2.45, 2.75) is 25.8 Å². The maximum atomic E-state index is 12.8. The van der Waals surface area contributed by atoms with Gasteiger partial charge in [-0.3, -0.25) is 9.59 Å². The molecule has 0 aliphatic carbocycles. The second-order valence-electron chi connectivity index (χ2n) is 6.63. The average molecular weight is 400 g/mol. The third-order valence-electron chi connectivity index (χ3n) is 4.84. The van der Waals surface area contributed by atoms with E-state index in [0.29, 0.717) is 22.9 Å². The molecular formula is C22H22ClNO4. The first-order chi connectivity index (χ1) is 13.5. The van der Waals surface area contributed by atoms with Crippen molar-refractivity contribution < 1.29 is 19.4 Å². The van der Waals surface area contributed by atoms with Crippen LogP contribution in [0, 0.1) is 0 Å². The lowest BCUT2D eigenvalue weighted by molar-refractivity contribution is -0.139. The Morgan fingerprint density at radius 3 is 2.32 bits per heavy atom. The highest BCUT2D eigenvalue weighted by atomic mass is 35.5. The first-order valence-electron chi connectivity index (χ1n) is 9.16. The smallest absolute Gasteiger partial charge is 0.295 e. The number of aliphatic hydroxyl groups excluding tert-OH is 1. The van der Waals surface area contributed by atoms with Crippen molar-refractivity contribution in [1.29, 1.82) is 0 Å². The van der Waals surface area contributed by atoms with Gasteiger partial charge in [-0.2, -0.15) is 0 Å². The van der Waals surface area contributed by atoms with Crippen LogP contribution in [-0.2, 0) is 9.59 Å². The van der Waals surface area contributed by atoms with E-state index in [1.165, 1.54) is 4.90 Å². The molecule has 0 spiro atoms. The summed E-state index contributed by atoms with van der Waals surface area (Å²) < 4.78 is 5.14. The van der Waals surface area contributed by atoms with Crippen molar-refractivity contribution in [3.63, 3.8) is 0 Å². The Kier molecular flexibility index (Phi) is 6.05. The van der Waals surface area contributed by atoms with Crippen LogP contribution in [0.5, 0.6) is 5.75 Å². The number of halogens is 1. The van der Waals surface area contributed by atoms with Crippen molar-refractivity contribution in [2.24, 2.45) is 0 Å². The highest BCUT2D eigenvalue weighted by Crippen LogP contribution is 2.39. The largest absolute Gasteiger partial charge is 0.507 e. The maximum absolute atomic E-state index is 12.8. The molecule has 2 aromatic rings. The number of amides is 1. The molecule has 2 aromatic carbocycles. The highest BCUT2D eigenvalue weighted by Gasteiger charge is 2.45. The van der Waals surface area contributed by atoms with Crippen LogP contribution in [0.4, 0.5) is 0 Å². The van der Waals surface area contributed by atoms with Gasteiger partial charge in [-0.15, -0.1) is 0 Å². The zero-order chi connectivity index (χ0) is 20.3. The summed E-state index contributed by atoms with van der Waals surface area (Å²) in [5.74, 6) is -0.831. The lowest BCUT2D eigenvalue weighted by Gasteiger charge is -2.25. The molecule has 1 unspecified atom stereocenters. The van der Waals surface area contributed by atoms with Crippen molar-refractivity contribution in [3.8, 4) is 5.75 Å². The zero-order valence-corrected chi connectivity index (χ0v) is 16.6. The van der Waals surface area contributed by atoms with Crippen molar-refractivity contribution >= 4 is 29.1 Å². The van der Waals surface area contributed by atoms with E-state index < -0.39 is 17.7 Å². The number of benzene rings is 2. The number of likely N-dealkylation sites (tertiary alicyclic amines) is 1. The van der Waals surface area contributed by atoms with Crippen LogP contribution in [0.1, 0.15) is 36.9 Å². The Morgan fingerprint density at radius 1 is 1.11 bits per heavy atom. The van der Waals surface area contributed by atoms with Crippen molar-refractivity contribution in [1.82, 2.24) is 4.90 Å². The van der Waals surface area contributed by atoms with Gasteiger partial charge in [0.1, 0.15) is 11.5 Å². The first kappa shape index (κ1) is 20.0. The molecule has 1 N–H and O–H groups in total. The van der Waals surface area contributed by atoms with Gasteiger partial charge >= 0.3 is 0 Å². The second kappa shape index (κ2) is 8.48. The molecule has 1 fully saturated rings. The molecule has 1 amide bonds. The summed E-state index contributed by atoms with van der Waals surface area (Å²) in [6.45, 7) is 2.46. The van der Waals surface area contributed by atoms with E-state index >= 15 is 0 Å². The number of hydrogen-bond acceptors (Lipinski definition) is 4. The Balaban J connectivity index is 2.12. The van der Waals surface area contributed by atoms with Crippen LogP contribution in [0.3, 0.4) is 0 Å².